The maximum atomic E-state index is 12.5. The molecule has 6 heteroatoms. The van der Waals surface area contributed by atoms with Crippen molar-refractivity contribution in [3.8, 4) is 5.75 Å². The molecule has 4 rings (SSSR count). The number of nitrogens with zero attached hydrogens (tertiary/aromatic N) is 1. The largest absolute Gasteiger partial charge is 0.492 e. The van der Waals surface area contributed by atoms with Gasteiger partial charge in [-0.15, -0.1) is 11.8 Å². The number of carbonyl (C=O) groups is 2. The van der Waals surface area contributed by atoms with Crippen LogP contribution in [-0.4, -0.2) is 35.6 Å². The summed E-state index contributed by atoms with van der Waals surface area (Å²) in [5.41, 5.74) is 3.90. The summed E-state index contributed by atoms with van der Waals surface area (Å²) in [4.78, 5) is 26.8. The van der Waals surface area contributed by atoms with Crippen LogP contribution in [0, 0.1) is 6.92 Å². The lowest BCUT2D eigenvalue weighted by Gasteiger charge is -2.24. The molecule has 0 aromatic heterocycles. The van der Waals surface area contributed by atoms with Crippen LogP contribution in [0.2, 0.25) is 0 Å². The van der Waals surface area contributed by atoms with E-state index >= 15 is 0 Å². The van der Waals surface area contributed by atoms with Gasteiger partial charge in [-0.05, 0) is 42.3 Å². The minimum absolute atomic E-state index is 0.0391. The smallest absolute Gasteiger partial charge is 0.251 e. The van der Waals surface area contributed by atoms with Gasteiger partial charge in [0.05, 0.1) is 12.3 Å². The number of amides is 2. The topological polar surface area (TPSA) is 58.6 Å². The lowest BCUT2D eigenvalue weighted by atomic mass is 10.1. The van der Waals surface area contributed by atoms with E-state index in [1.807, 2.05) is 90.7 Å². The molecular formula is C26H26N2O3S. The van der Waals surface area contributed by atoms with Gasteiger partial charge in [-0.3, -0.25) is 9.59 Å². The highest BCUT2D eigenvalue weighted by molar-refractivity contribution is 8.00. The molecular weight excluding hydrogens is 420 g/mol. The number of aryl methyl sites for hydroxylation is 1. The highest BCUT2D eigenvalue weighted by Crippen LogP contribution is 2.39. The van der Waals surface area contributed by atoms with Crippen LogP contribution in [0.4, 0.5) is 0 Å². The Balaban J connectivity index is 1.31. The van der Waals surface area contributed by atoms with Crippen LogP contribution in [0.25, 0.3) is 0 Å². The van der Waals surface area contributed by atoms with Crippen LogP contribution < -0.4 is 10.1 Å². The zero-order valence-corrected chi connectivity index (χ0v) is 18.8. The second-order valence-electron chi connectivity index (χ2n) is 7.71. The SMILES string of the molecule is Cc1ccc(OCCNC(=O)c2ccc([C@@H]3SCC(=O)N3Cc3ccccc3)cc2)cc1. The van der Waals surface area contributed by atoms with Gasteiger partial charge in [-0.25, -0.2) is 0 Å². The summed E-state index contributed by atoms with van der Waals surface area (Å²) in [7, 11) is 0. The zero-order valence-electron chi connectivity index (χ0n) is 18.0. The third-order valence-corrected chi connectivity index (χ3v) is 6.56. The highest BCUT2D eigenvalue weighted by Gasteiger charge is 2.32. The molecule has 0 saturated carbocycles. The van der Waals surface area contributed by atoms with E-state index in [2.05, 4.69) is 5.32 Å². The fourth-order valence-corrected chi connectivity index (χ4v) is 4.74. The predicted octanol–water partition coefficient (Wildman–Crippen LogP) is 4.58. The van der Waals surface area contributed by atoms with Crippen LogP contribution >= 0.6 is 11.8 Å². The molecule has 32 heavy (non-hydrogen) atoms. The second kappa shape index (κ2) is 10.4. The monoisotopic (exact) mass is 446 g/mol. The fraction of sp³-hybridized carbons (Fsp3) is 0.231. The summed E-state index contributed by atoms with van der Waals surface area (Å²) in [6, 6.07) is 25.3. The summed E-state index contributed by atoms with van der Waals surface area (Å²) >= 11 is 1.62. The Kier molecular flexibility index (Phi) is 7.12. The molecule has 3 aromatic rings. The Labute approximate surface area is 192 Å². The minimum Gasteiger partial charge on any atom is -0.492 e. The van der Waals surface area contributed by atoms with E-state index in [9.17, 15) is 9.59 Å². The summed E-state index contributed by atoms with van der Waals surface area (Å²) in [6.07, 6.45) is 0. The highest BCUT2D eigenvalue weighted by atomic mass is 32.2. The van der Waals surface area contributed by atoms with E-state index in [0.717, 1.165) is 16.9 Å². The third-order valence-electron chi connectivity index (χ3n) is 5.30. The van der Waals surface area contributed by atoms with E-state index in [1.54, 1.807) is 11.8 Å². The van der Waals surface area contributed by atoms with Crippen LogP contribution in [0.1, 0.15) is 32.4 Å². The molecule has 0 aliphatic carbocycles. The van der Waals surface area contributed by atoms with Crippen LogP contribution in [0.3, 0.4) is 0 Å². The van der Waals surface area contributed by atoms with E-state index in [1.165, 1.54) is 5.56 Å². The summed E-state index contributed by atoms with van der Waals surface area (Å²) in [6.45, 7) is 3.44. The molecule has 0 radical (unpaired) electrons. The van der Waals surface area contributed by atoms with Crippen molar-refractivity contribution in [1.82, 2.24) is 10.2 Å². The van der Waals surface area contributed by atoms with Crippen LogP contribution in [0.15, 0.2) is 78.9 Å². The Morgan fingerprint density at radius 1 is 1.03 bits per heavy atom. The van der Waals surface area contributed by atoms with Crippen molar-refractivity contribution in [3.63, 3.8) is 0 Å². The normalized spacial score (nSPS) is 15.6. The molecule has 1 aliphatic rings. The molecule has 1 atom stereocenters. The lowest BCUT2D eigenvalue weighted by molar-refractivity contribution is -0.128. The lowest BCUT2D eigenvalue weighted by Crippen LogP contribution is -2.28. The quantitative estimate of drug-likeness (QED) is 0.515. The van der Waals surface area contributed by atoms with Crippen molar-refractivity contribution < 1.29 is 14.3 Å². The molecule has 164 valence electrons. The van der Waals surface area contributed by atoms with E-state index < -0.39 is 0 Å². The minimum atomic E-state index is -0.139. The Hall–Kier alpha value is -3.25. The first-order valence-electron chi connectivity index (χ1n) is 10.6. The van der Waals surface area contributed by atoms with Gasteiger partial charge in [0.25, 0.3) is 5.91 Å². The number of carbonyl (C=O) groups excluding carboxylic acids is 2. The molecule has 0 unspecified atom stereocenters. The molecule has 1 N–H and O–H groups in total. The maximum Gasteiger partial charge on any atom is 0.251 e. The van der Waals surface area contributed by atoms with E-state index in [0.29, 0.717) is 31.0 Å². The van der Waals surface area contributed by atoms with Crippen molar-refractivity contribution in [2.75, 3.05) is 18.9 Å². The third kappa shape index (κ3) is 5.51. The number of nitrogens with one attached hydrogen (secondary N) is 1. The standard InChI is InChI=1S/C26H26N2O3S/c1-19-7-13-23(14-8-19)31-16-15-27-25(30)21-9-11-22(12-10-21)26-28(24(29)18-32-26)17-20-5-3-2-4-6-20/h2-14,26H,15-18H2,1H3,(H,27,30)/t26-/m0/s1. The van der Waals surface area contributed by atoms with Crippen molar-refractivity contribution in [2.45, 2.75) is 18.8 Å². The van der Waals surface area contributed by atoms with Gasteiger partial charge in [0.15, 0.2) is 0 Å². The molecule has 1 saturated heterocycles. The van der Waals surface area contributed by atoms with Crippen molar-refractivity contribution >= 4 is 23.6 Å². The van der Waals surface area contributed by atoms with Crippen molar-refractivity contribution in [1.29, 1.82) is 0 Å². The Morgan fingerprint density at radius 3 is 2.47 bits per heavy atom. The molecule has 2 amide bonds. The van der Waals surface area contributed by atoms with Gasteiger partial charge < -0.3 is 15.0 Å². The fourth-order valence-electron chi connectivity index (χ4n) is 3.55. The predicted molar refractivity (Wildman–Crippen MR) is 128 cm³/mol. The average molecular weight is 447 g/mol. The number of rotatable bonds is 8. The van der Waals surface area contributed by atoms with Gasteiger partial charge in [0.2, 0.25) is 5.91 Å². The van der Waals surface area contributed by atoms with Crippen LogP contribution in [0.5, 0.6) is 5.75 Å². The Morgan fingerprint density at radius 2 is 1.75 bits per heavy atom. The number of thioether (sulfide) groups is 1. The number of benzene rings is 3. The second-order valence-corrected chi connectivity index (χ2v) is 8.78. The van der Waals surface area contributed by atoms with Gasteiger partial charge in [-0.1, -0.05) is 60.2 Å². The van der Waals surface area contributed by atoms with Crippen molar-refractivity contribution in [2.24, 2.45) is 0 Å². The van der Waals surface area contributed by atoms with E-state index in [-0.39, 0.29) is 17.2 Å². The molecule has 0 bridgehead atoms. The average Bonchev–Trinajstić information content (AvgIpc) is 3.18. The maximum absolute atomic E-state index is 12.5. The molecule has 3 aromatic carbocycles. The first-order chi connectivity index (χ1) is 15.6. The van der Waals surface area contributed by atoms with Gasteiger partial charge >= 0.3 is 0 Å². The molecule has 0 spiro atoms. The van der Waals surface area contributed by atoms with Crippen LogP contribution in [-0.2, 0) is 11.3 Å². The molecule has 1 fully saturated rings. The molecule has 1 aliphatic heterocycles. The molecule has 5 nitrogen and oxygen atoms in total. The summed E-state index contributed by atoms with van der Waals surface area (Å²) in [5.74, 6) is 1.26. The van der Waals surface area contributed by atoms with Crippen molar-refractivity contribution in [3.05, 3.63) is 101 Å². The molecule has 1 heterocycles. The number of hydrogen-bond donors (Lipinski definition) is 1. The number of ether oxygens (including phenoxy) is 1. The zero-order chi connectivity index (χ0) is 22.3. The first-order valence-corrected chi connectivity index (χ1v) is 11.7. The van der Waals surface area contributed by atoms with E-state index in [4.69, 9.17) is 4.74 Å². The van der Waals surface area contributed by atoms with Gasteiger partial charge in [0.1, 0.15) is 17.7 Å². The summed E-state index contributed by atoms with van der Waals surface area (Å²) in [5, 5.41) is 2.85. The summed E-state index contributed by atoms with van der Waals surface area (Å²) < 4.78 is 5.65. The number of hydrogen-bond acceptors (Lipinski definition) is 4. The Bertz CT molecular complexity index is 1050. The van der Waals surface area contributed by atoms with Gasteiger partial charge in [-0.2, -0.15) is 0 Å². The first kappa shape index (κ1) is 22.0. The van der Waals surface area contributed by atoms with Gasteiger partial charge in [0, 0.05) is 12.1 Å².